The summed E-state index contributed by atoms with van der Waals surface area (Å²) in [7, 11) is 0. The summed E-state index contributed by atoms with van der Waals surface area (Å²) in [6.07, 6.45) is 0. The number of rotatable bonds is 3. The second-order valence-corrected chi connectivity index (χ2v) is 14.0. The van der Waals surface area contributed by atoms with Crippen molar-refractivity contribution in [1.29, 1.82) is 0 Å². The Morgan fingerprint density at radius 3 is 1.94 bits per heavy atom. The summed E-state index contributed by atoms with van der Waals surface area (Å²) >= 11 is 0. The van der Waals surface area contributed by atoms with E-state index in [2.05, 4.69) is 156 Å². The topological polar surface area (TPSA) is 36.5 Å². The van der Waals surface area contributed by atoms with Crippen molar-refractivity contribution in [2.24, 2.45) is 0 Å². The van der Waals surface area contributed by atoms with Gasteiger partial charge < -0.3 is 18.4 Å². The van der Waals surface area contributed by atoms with Gasteiger partial charge in [0.2, 0.25) is 0 Å². The zero-order valence-corrected chi connectivity index (χ0v) is 28.4. The van der Waals surface area contributed by atoms with Crippen molar-refractivity contribution in [3.63, 3.8) is 0 Å². The molecule has 2 aliphatic heterocycles. The first-order chi connectivity index (χ1) is 26.3. The summed E-state index contributed by atoms with van der Waals surface area (Å²) in [5.74, 6) is 2.52. The van der Waals surface area contributed by atoms with Gasteiger partial charge in [-0.15, -0.1) is 0 Å². The van der Waals surface area contributed by atoms with Crippen molar-refractivity contribution in [1.82, 2.24) is 4.57 Å². The number of para-hydroxylation sites is 3. The summed E-state index contributed by atoms with van der Waals surface area (Å²) in [4.78, 5) is 0. The van der Waals surface area contributed by atoms with Crippen molar-refractivity contribution in [3.8, 4) is 56.3 Å². The van der Waals surface area contributed by atoms with Crippen LogP contribution >= 0.6 is 0 Å². The predicted molar refractivity (Wildman–Crippen MR) is 217 cm³/mol. The van der Waals surface area contributed by atoms with E-state index in [0.717, 1.165) is 89.2 Å². The molecule has 2 aromatic heterocycles. The second-order valence-electron chi connectivity index (χ2n) is 14.0. The highest BCUT2D eigenvalue weighted by atomic mass is 16.5. The average Bonchev–Trinajstić information content (AvgIpc) is 3.77. The fourth-order valence-electron chi connectivity index (χ4n) is 8.71. The zero-order valence-electron chi connectivity index (χ0n) is 28.4. The van der Waals surface area contributed by atoms with Gasteiger partial charge in [0.25, 0.3) is 0 Å². The van der Waals surface area contributed by atoms with Crippen LogP contribution in [0, 0.1) is 0 Å². The van der Waals surface area contributed by atoms with Gasteiger partial charge in [0.15, 0.2) is 0 Å². The normalized spacial score (nSPS) is 12.8. The minimum absolute atomic E-state index is 0.267. The van der Waals surface area contributed by atoms with E-state index < -0.39 is 0 Å². The van der Waals surface area contributed by atoms with Gasteiger partial charge in [0, 0.05) is 43.7 Å². The molecule has 2 aliphatic rings. The van der Waals surface area contributed by atoms with Gasteiger partial charge in [-0.25, -0.2) is 0 Å². The van der Waals surface area contributed by atoms with E-state index in [1.54, 1.807) is 0 Å². The van der Waals surface area contributed by atoms with Crippen LogP contribution in [-0.4, -0.2) is 11.5 Å². The third-order valence-corrected chi connectivity index (χ3v) is 11.1. The molecule has 246 valence electrons. The number of ether oxygens (including phenoxy) is 1. The Morgan fingerprint density at radius 1 is 0.434 bits per heavy atom. The van der Waals surface area contributed by atoms with Crippen LogP contribution in [0.3, 0.4) is 0 Å². The summed E-state index contributed by atoms with van der Waals surface area (Å²) in [5, 5.41) is 4.77. The van der Waals surface area contributed by atoms with E-state index in [1.807, 2.05) is 18.2 Å². The fourth-order valence-corrected chi connectivity index (χ4v) is 8.71. The molecule has 0 unspecified atom stereocenters. The van der Waals surface area contributed by atoms with E-state index in [-0.39, 0.29) is 6.92 Å². The molecule has 0 aliphatic carbocycles. The number of hydrogen-bond acceptors (Lipinski definition) is 3. The standard InChI is InChI=1S/C48H28BNO3/c1-4-14-40-34(9-1)35-10-2-5-15-41(35)50(40)32-23-19-29(20-24-32)30-21-25-39-46(28-30)52-45-18-8-13-36-38-27-31(22-26-43(38)53-49(39)48(36)45)33-12-7-17-44-47(33)37-11-3-6-16-42(37)51-44/h1-28H. The van der Waals surface area contributed by atoms with Gasteiger partial charge in [0.05, 0.1) is 11.0 Å². The number of benzene rings is 8. The number of aromatic nitrogens is 1. The quantitative estimate of drug-likeness (QED) is 0.175. The molecule has 5 heteroatoms. The van der Waals surface area contributed by atoms with Crippen molar-refractivity contribution in [2.45, 2.75) is 0 Å². The van der Waals surface area contributed by atoms with E-state index in [0.29, 0.717) is 0 Å². The number of furan rings is 1. The zero-order chi connectivity index (χ0) is 34.6. The molecule has 8 aromatic carbocycles. The molecule has 0 bridgehead atoms. The van der Waals surface area contributed by atoms with Crippen LogP contribution in [0.4, 0.5) is 0 Å². The number of nitrogens with zero attached hydrogens (tertiary/aromatic N) is 1. The Kier molecular flexibility index (Phi) is 5.83. The third kappa shape index (κ3) is 4.13. The first-order valence-electron chi connectivity index (χ1n) is 18.0. The molecule has 0 N–H and O–H groups in total. The number of fused-ring (bicyclic) bond motifs is 10. The van der Waals surface area contributed by atoms with Crippen molar-refractivity contribution in [3.05, 3.63) is 170 Å². The van der Waals surface area contributed by atoms with Gasteiger partial charge in [0.1, 0.15) is 28.4 Å². The lowest BCUT2D eigenvalue weighted by Crippen LogP contribution is -2.53. The monoisotopic (exact) mass is 677 g/mol. The van der Waals surface area contributed by atoms with E-state index in [9.17, 15) is 0 Å². The van der Waals surface area contributed by atoms with Gasteiger partial charge in [-0.2, -0.15) is 0 Å². The molecular weight excluding hydrogens is 649 g/mol. The Labute approximate surface area is 305 Å². The Balaban J connectivity index is 0.909. The number of hydrogen-bond donors (Lipinski definition) is 0. The Morgan fingerprint density at radius 2 is 1.11 bits per heavy atom. The highest BCUT2D eigenvalue weighted by Gasteiger charge is 2.40. The molecule has 12 rings (SSSR count). The summed E-state index contributed by atoms with van der Waals surface area (Å²) in [5.41, 5.74) is 14.1. The minimum atomic E-state index is -0.267. The van der Waals surface area contributed by atoms with Crippen LogP contribution in [-0.2, 0) is 0 Å². The highest BCUT2D eigenvalue weighted by molar-refractivity contribution is 6.84. The molecule has 0 saturated carbocycles. The molecular formula is C48H28BNO3. The molecule has 0 atom stereocenters. The van der Waals surface area contributed by atoms with Crippen molar-refractivity contribution < 1.29 is 13.8 Å². The molecule has 0 radical (unpaired) electrons. The third-order valence-electron chi connectivity index (χ3n) is 11.1. The lowest BCUT2D eigenvalue weighted by atomic mass is 9.51. The summed E-state index contributed by atoms with van der Waals surface area (Å²) in [6.45, 7) is -0.267. The van der Waals surface area contributed by atoms with Crippen LogP contribution < -0.4 is 20.3 Å². The summed E-state index contributed by atoms with van der Waals surface area (Å²) in [6, 6.07) is 59.9. The second kappa shape index (κ2) is 10.8. The Bertz CT molecular complexity index is 3080. The lowest BCUT2D eigenvalue weighted by molar-refractivity contribution is 0.479. The smallest absolute Gasteiger partial charge is 0.434 e. The van der Waals surface area contributed by atoms with Crippen LogP contribution in [0.5, 0.6) is 17.2 Å². The minimum Gasteiger partial charge on any atom is -0.551 e. The van der Waals surface area contributed by atoms with Gasteiger partial charge in [-0.05, 0) is 88.5 Å². The van der Waals surface area contributed by atoms with Crippen molar-refractivity contribution >= 4 is 61.6 Å². The molecule has 0 saturated heterocycles. The maximum absolute atomic E-state index is 6.87. The molecule has 4 nitrogen and oxygen atoms in total. The highest BCUT2D eigenvalue weighted by Crippen LogP contribution is 2.44. The van der Waals surface area contributed by atoms with Gasteiger partial charge in [-0.3, -0.25) is 0 Å². The largest absolute Gasteiger partial charge is 0.551 e. The molecule has 53 heavy (non-hydrogen) atoms. The molecule has 0 amide bonds. The van der Waals surface area contributed by atoms with E-state index in [4.69, 9.17) is 13.8 Å². The fraction of sp³-hybridized carbons (Fsp3) is 0. The van der Waals surface area contributed by atoms with Crippen molar-refractivity contribution in [2.75, 3.05) is 0 Å². The maximum Gasteiger partial charge on any atom is 0.434 e. The average molecular weight is 678 g/mol. The summed E-state index contributed by atoms with van der Waals surface area (Å²) < 4.78 is 22.1. The molecule has 10 aromatic rings. The van der Waals surface area contributed by atoms with Gasteiger partial charge in [-0.1, -0.05) is 109 Å². The first-order valence-corrected chi connectivity index (χ1v) is 18.0. The van der Waals surface area contributed by atoms with E-state index in [1.165, 1.54) is 21.8 Å². The predicted octanol–water partition coefficient (Wildman–Crippen LogP) is 11.3. The van der Waals surface area contributed by atoms with Crippen LogP contribution in [0.2, 0.25) is 0 Å². The SMILES string of the molecule is c1cc2c3c(c1)-c1cc(-c4cccc5oc6ccccc6c45)ccc1OB3c1ccc(-c3ccc(-n4c5ccccc5c5ccccc54)cc3)cc1O2. The molecule has 4 heterocycles. The first kappa shape index (κ1) is 28.7. The lowest BCUT2D eigenvalue weighted by Gasteiger charge is -2.33. The van der Waals surface area contributed by atoms with Crippen LogP contribution in [0.15, 0.2) is 174 Å². The molecule has 0 fully saturated rings. The molecule has 0 spiro atoms. The van der Waals surface area contributed by atoms with Crippen LogP contribution in [0.1, 0.15) is 0 Å². The Hall–Kier alpha value is -6.98. The van der Waals surface area contributed by atoms with E-state index >= 15 is 0 Å². The van der Waals surface area contributed by atoms with Gasteiger partial charge >= 0.3 is 6.92 Å². The maximum atomic E-state index is 6.87. The van der Waals surface area contributed by atoms with Crippen LogP contribution in [0.25, 0.3) is 82.8 Å².